The van der Waals surface area contributed by atoms with Gasteiger partial charge in [-0.2, -0.15) is 0 Å². The highest BCUT2D eigenvalue weighted by Gasteiger charge is 2.22. The topological polar surface area (TPSA) is 59.4 Å². The molecule has 1 N–H and O–H groups in total. The number of benzene rings is 1. The van der Waals surface area contributed by atoms with Crippen LogP contribution in [0.4, 0.5) is 0 Å². The number of carbonyl (C=O) groups is 1. The van der Waals surface area contributed by atoms with Gasteiger partial charge in [-0.05, 0) is 32.6 Å². The number of aryl methyl sites for hydroxylation is 1. The molecule has 2 heterocycles. The van der Waals surface area contributed by atoms with E-state index in [9.17, 15) is 4.79 Å². The summed E-state index contributed by atoms with van der Waals surface area (Å²) in [5.41, 5.74) is 0.590. The molecule has 0 spiro atoms. The summed E-state index contributed by atoms with van der Waals surface area (Å²) in [7, 11) is 3.99. The van der Waals surface area contributed by atoms with Crippen LogP contribution in [0.15, 0.2) is 36.7 Å². The van der Waals surface area contributed by atoms with E-state index < -0.39 is 0 Å². The van der Waals surface area contributed by atoms with Crippen molar-refractivity contribution in [2.75, 3.05) is 27.2 Å². The molecular weight excluding hydrogens is 304 g/mol. The number of nitrogens with zero attached hydrogens (tertiary/aromatic N) is 3. The van der Waals surface area contributed by atoms with Crippen molar-refractivity contribution in [2.24, 2.45) is 0 Å². The first-order valence-corrected chi connectivity index (χ1v) is 8.31. The number of hydrogen-bond acceptors (Lipinski definition) is 4. The normalized spacial score (nSPS) is 16.7. The van der Waals surface area contributed by atoms with Crippen molar-refractivity contribution in [1.82, 2.24) is 19.8 Å². The highest BCUT2D eigenvalue weighted by atomic mass is 16.5. The quantitative estimate of drug-likeness (QED) is 0.874. The zero-order valence-electron chi connectivity index (χ0n) is 14.2. The van der Waals surface area contributed by atoms with E-state index in [1.54, 1.807) is 0 Å². The Morgan fingerprint density at radius 1 is 1.42 bits per heavy atom. The number of imidazole rings is 1. The largest absolute Gasteiger partial charge is 0.491 e. The Morgan fingerprint density at radius 3 is 3.08 bits per heavy atom. The van der Waals surface area contributed by atoms with Gasteiger partial charge in [0, 0.05) is 37.9 Å². The van der Waals surface area contributed by atoms with Crippen LogP contribution in [0.2, 0.25) is 0 Å². The summed E-state index contributed by atoms with van der Waals surface area (Å²) in [5, 5.41) is 3.13. The van der Waals surface area contributed by atoms with Crippen LogP contribution in [0.3, 0.4) is 0 Å². The first-order valence-electron chi connectivity index (χ1n) is 8.31. The molecule has 1 aromatic carbocycles. The molecule has 0 radical (unpaired) electrons. The third-order valence-corrected chi connectivity index (χ3v) is 4.20. The zero-order valence-corrected chi connectivity index (χ0v) is 14.2. The van der Waals surface area contributed by atoms with Gasteiger partial charge < -0.3 is 19.5 Å². The maximum Gasteiger partial charge on any atom is 0.255 e. The molecule has 0 unspecified atom stereocenters. The van der Waals surface area contributed by atoms with E-state index in [4.69, 9.17) is 4.74 Å². The standard InChI is InChI=1S/C18H24N4O2/c1-21(2)11-12-24-16-6-4-3-5-15(16)18(23)20-14-7-8-17-19-9-10-22(17)13-14/h3-6,9-10,14H,7-8,11-13H2,1-2H3,(H,20,23)/t14-/m1/s1. The third-order valence-electron chi connectivity index (χ3n) is 4.20. The number of likely N-dealkylation sites (N-methyl/N-ethyl adjacent to an activating group) is 1. The predicted molar refractivity (Wildman–Crippen MR) is 92.3 cm³/mol. The van der Waals surface area contributed by atoms with Gasteiger partial charge in [0.25, 0.3) is 5.91 Å². The Kier molecular flexibility index (Phi) is 5.15. The lowest BCUT2D eigenvalue weighted by Crippen LogP contribution is -2.41. The van der Waals surface area contributed by atoms with Crippen LogP contribution < -0.4 is 10.1 Å². The van der Waals surface area contributed by atoms with Gasteiger partial charge in [0.1, 0.15) is 18.2 Å². The molecule has 0 bridgehead atoms. The summed E-state index contributed by atoms with van der Waals surface area (Å²) < 4.78 is 7.89. The van der Waals surface area contributed by atoms with E-state index in [1.165, 1.54) is 0 Å². The molecular formula is C18H24N4O2. The molecule has 0 aliphatic carbocycles. The predicted octanol–water partition coefficient (Wildman–Crippen LogP) is 1.57. The molecule has 24 heavy (non-hydrogen) atoms. The maximum atomic E-state index is 12.7. The minimum atomic E-state index is -0.0796. The van der Waals surface area contributed by atoms with E-state index in [0.717, 1.165) is 31.8 Å². The number of amides is 1. The Bertz CT molecular complexity index is 696. The van der Waals surface area contributed by atoms with Crippen LogP contribution in [0.1, 0.15) is 22.6 Å². The van der Waals surface area contributed by atoms with Gasteiger partial charge in [0.05, 0.1) is 5.56 Å². The zero-order chi connectivity index (χ0) is 16.9. The number of para-hydroxylation sites is 1. The number of aromatic nitrogens is 2. The Balaban J connectivity index is 1.63. The SMILES string of the molecule is CN(C)CCOc1ccccc1C(=O)N[C@@H]1CCc2nccn2C1. The molecule has 0 saturated heterocycles. The van der Waals surface area contributed by atoms with E-state index in [1.807, 2.05) is 55.7 Å². The highest BCUT2D eigenvalue weighted by Crippen LogP contribution is 2.19. The summed E-state index contributed by atoms with van der Waals surface area (Å²) in [6, 6.07) is 7.53. The summed E-state index contributed by atoms with van der Waals surface area (Å²) in [6.07, 6.45) is 5.57. The fourth-order valence-electron chi connectivity index (χ4n) is 2.87. The summed E-state index contributed by atoms with van der Waals surface area (Å²) in [6.45, 7) is 2.13. The first kappa shape index (κ1) is 16.5. The van der Waals surface area contributed by atoms with Gasteiger partial charge in [-0.25, -0.2) is 4.98 Å². The number of hydrogen-bond donors (Lipinski definition) is 1. The van der Waals surface area contributed by atoms with Crippen LogP contribution in [0, 0.1) is 0 Å². The van der Waals surface area contributed by atoms with Gasteiger partial charge in [0.2, 0.25) is 0 Å². The highest BCUT2D eigenvalue weighted by molar-refractivity contribution is 5.97. The van der Waals surface area contributed by atoms with Gasteiger partial charge in [-0.3, -0.25) is 4.79 Å². The van der Waals surface area contributed by atoms with Crippen LogP contribution in [-0.4, -0.2) is 53.6 Å². The molecule has 0 fully saturated rings. The fourth-order valence-corrected chi connectivity index (χ4v) is 2.87. The van der Waals surface area contributed by atoms with E-state index >= 15 is 0 Å². The summed E-state index contributed by atoms with van der Waals surface area (Å²) in [4.78, 5) is 19.0. The van der Waals surface area contributed by atoms with E-state index in [-0.39, 0.29) is 11.9 Å². The van der Waals surface area contributed by atoms with Gasteiger partial charge in [0.15, 0.2) is 0 Å². The van der Waals surface area contributed by atoms with Crippen molar-refractivity contribution < 1.29 is 9.53 Å². The molecule has 1 amide bonds. The molecule has 0 saturated carbocycles. The molecule has 1 aromatic heterocycles. The second-order valence-electron chi connectivity index (χ2n) is 6.35. The molecule has 6 heteroatoms. The third kappa shape index (κ3) is 3.94. The number of carbonyl (C=O) groups excluding carboxylic acids is 1. The lowest BCUT2D eigenvalue weighted by atomic mass is 10.1. The average molecular weight is 328 g/mol. The summed E-state index contributed by atoms with van der Waals surface area (Å²) >= 11 is 0. The maximum absolute atomic E-state index is 12.7. The van der Waals surface area contributed by atoms with Gasteiger partial charge in [-0.1, -0.05) is 12.1 Å². The van der Waals surface area contributed by atoms with Crippen molar-refractivity contribution in [3.05, 3.63) is 48.0 Å². The second-order valence-corrected chi connectivity index (χ2v) is 6.35. The van der Waals surface area contributed by atoms with Crippen molar-refractivity contribution in [2.45, 2.75) is 25.4 Å². The summed E-state index contributed by atoms with van der Waals surface area (Å²) in [5.74, 6) is 1.65. The number of rotatable bonds is 6. The smallest absolute Gasteiger partial charge is 0.255 e. The molecule has 6 nitrogen and oxygen atoms in total. The lowest BCUT2D eigenvalue weighted by molar-refractivity contribution is 0.0923. The molecule has 1 atom stereocenters. The minimum Gasteiger partial charge on any atom is -0.491 e. The molecule has 1 aliphatic rings. The van der Waals surface area contributed by atoms with E-state index in [2.05, 4.69) is 14.9 Å². The van der Waals surface area contributed by atoms with Gasteiger partial charge in [-0.15, -0.1) is 0 Å². The molecule has 1 aliphatic heterocycles. The van der Waals surface area contributed by atoms with Crippen LogP contribution >= 0.6 is 0 Å². The second kappa shape index (κ2) is 7.49. The molecule has 128 valence electrons. The monoisotopic (exact) mass is 328 g/mol. The molecule has 2 aromatic rings. The Hall–Kier alpha value is -2.34. The van der Waals surface area contributed by atoms with Crippen molar-refractivity contribution in [3.8, 4) is 5.75 Å². The lowest BCUT2D eigenvalue weighted by Gasteiger charge is -2.25. The number of ether oxygens (including phenoxy) is 1. The van der Waals surface area contributed by atoms with Crippen molar-refractivity contribution >= 4 is 5.91 Å². The van der Waals surface area contributed by atoms with Crippen LogP contribution in [0.5, 0.6) is 5.75 Å². The average Bonchev–Trinajstić information content (AvgIpc) is 3.02. The van der Waals surface area contributed by atoms with Gasteiger partial charge >= 0.3 is 0 Å². The van der Waals surface area contributed by atoms with E-state index in [0.29, 0.717) is 17.9 Å². The van der Waals surface area contributed by atoms with Crippen LogP contribution in [0.25, 0.3) is 0 Å². The van der Waals surface area contributed by atoms with Crippen LogP contribution in [-0.2, 0) is 13.0 Å². The first-order chi connectivity index (χ1) is 11.6. The number of fused-ring (bicyclic) bond motifs is 1. The fraction of sp³-hybridized carbons (Fsp3) is 0.444. The Labute approximate surface area is 142 Å². The number of nitrogens with one attached hydrogen (secondary N) is 1. The van der Waals surface area contributed by atoms with Crippen molar-refractivity contribution in [3.63, 3.8) is 0 Å². The van der Waals surface area contributed by atoms with Crippen molar-refractivity contribution in [1.29, 1.82) is 0 Å². The molecule has 3 rings (SSSR count). The Morgan fingerprint density at radius 2 is 2.25 bits per heavy atom. The minimum absolute atomic E-state index is 0.0796.